The molecule has 19 heavy (non-hydrogen) atoms. The first-order valence-electron chi connectivity index (χ1n) is 5.89. The number of hydrogen-bond donors (Lipinski definition) is 1. The van der Waals surface area contributed by atoms with Gasteiger partial charge >= 0.3 is 0 Å². The number of rotatable bonds is 3. The van der Waals surface area contributed by atoms with Gasteiger partial charge in [0.25, 0.3) is 0 Å². The van der Waals surface area contributed by atoms with Crippen molar-refractivity contribution in [2.75, 3.05) is 5.73 Å². The lowest BCUT2D eigenvalue weighted by atomic mass is 10.2. The molecular formula is C14H12N4S. The number of nitrogens with zero attached hydrogens (tertiary/aromatic N) is 3. The second-order valence-electron chi connectivity index (χ2n) is 4.12. The van der Waals surface area contributed by atoms with Crippen molar-refractivity contribution >= 4 is 17.2 Å². The number of benzene rings is 1. The number of nitrogen functional groups attached to an aromatic ring is 1. The maximum Gasteiger partial charge on any atom is 0.146 e. The van der Waals surface area contributed by atoms with Crippen molar-refractivity contribution in [2.45, 2.75) is 6.42 Å². The van der Waals surface area contributed by atoms with Gasteiger partial charge in [0.2, 0.25) is 0 Å². The highest BCUT2D eigenvalue weighted by molar-refractivity contribution is 7.10. The summed E-state index contributed by atoms with van der Waals surface area (Å²) in [5, 5.41) is 11.0. The van der Waals surface area contributed by atoms with Crippen molar-refractivity contribution in [3.05, 3.63) is 58.5 Å². The number of anilines is 1. The van der Waals surface area contributed by atoms with Gasteiger partial charge in [0, 0.05) is 17.4 Å². The van der Waals surface area contributed by atoms with E-state index in [4.69, 9.17) is 5.73 Å². The van der Waals surface area contributed by atoms with Gasteiger partial charge in [0.1, 0.15) is 5.82 Å². The molecule has 0 radical (unpaired) electrons. The van der Waals surface area contributed by atoms with E-state index in [9.17, 15) is 0 Å². The minimum atomic E-state index is 0.438. The first-order chi connectivity index (χ1) is 9.31. The fraction of sp³-hybridized carbons (Fsp3) is 0.0714. The van der Waals surface area contributed by atoms with E-state index >= 15 is 0 Å². The van der Waals surface area contributed by atoms with Crippen LogP contribution in [0.15, 0.2) is 47.8 Å². The van der Waals surface area contributed by atoms with E-state index in [0.717, 1.165) is 22.0 Å². The van der Waals surface area contributed by atoms with Gasteiger partial charge in [-0.2, -0.15) is 5.10 Å². The van der Waals surface area contributed by atoms with Crippen molar-refractivity contribution in [2.24, 2.45) is 0 Å². The monoisotopic (exact) mass is 268 g/mol. The smallest absolute Gasteiger partial charge is 0.146 e. The predicted octanol–water partition coefficient (Wildman–Crippen LogP) is 2.77. The fourth-order valence-electron chi connectivity index (χ4n) is 1.75. The van der Waals surface area contributed by atoms with Crippen LogP contribution in [0.5, 0.6) is 0 Å². The molecule has 0 saturated carbocycles. The van der Waals surface area contributed by atoms with Crippen molar-refractivity contribution in [1.82, 2.24) is 15.2 Å². The minimum Gasteiger partial charge on any atom is -0.382 e. The molecule has 0 unspecified atom stereocenters. The van der Waals surface area contributed by atoms with Crippen molar-refractivity contribution in [3.63, 3.8) is 0 Å². The Hall–Kier alpha value is -2.27. The quantitative estimate of drug-likeness (QED) is 0.793. The van der Waals surface area contributed by atoms with Crippen LogP contribution in [-0.4, -0.2) is 15.2 Å². The Morgan fingerprint density at radius 1 is 1.00 bits per heavy atom. The Labute approximate surface area is 115 Å². The van der Waals surface area contributed by atoms with E-state index in [0.29, 0.717) is 12.2 Å². The third kappa shape index (κ3) is 2.77. The highest BCUT2D eigenvalue weighted by Gasteiger charge is 2.06. The topological polar surface area (TPSA) is 64.7 Å². The molecule has 2 heterocycles. The van der Waals surface area contributed by atoms with Gasteiger partial charge in [0.15, 0.2) is 0 Å². The fourth-order valence-corrected chi connectivity index (χ4v) is 2.57. The molecular weight excluding hydrogens is 256 g/mol. The largest absolute Gasteiger partial charge is 0.382 e. The molecule has 0 saturated heterocycles. The number of hydrogen-bond acceptors (Lipinski definition) is 5. The average molecular weight is 268 g/mol. The lowest BCUT2D eigenvalue weighted by Crippen LogP contribution is -1.97. The lowest BCUT2D eigenvalue weighted by molar-refractivity contribution is 0.939. The van der Waals surface area contributed by atoms with Crippen LogP contribution in [0.3, 0.4) is 0 Å². The molecule has 0 aliphatic heterocycles. The molecule has 0 aliphatic carbocycles. The molecule has 0 atom stereocenters. The normalized spacial score (nSPS) is 10.5. The standard InChI is InChI=1S/C14H12N4S/c15-13-7-6-11(17-18-13)8-14-16-12(9-19-14)10-4-2-1-3-5-10/h1-7,9H,8H2,(H2,15,18). The first kappa shape index (κ1) is 11.8. The van der Waals surface area contributed by atoms with Gasteiger partial charge < -0.3 is 5.73 Å². The number of aromatic nitrogens is 3. The molecule has 0 spiro atoms. The van der Waals surface area contributed by atoms with Crippen molar-refractivity contribution < 1.29 is 0 Å². The van der Waals surface area contributed by atoms with Crippen molar-refractivity contribution in [3.8, 4) is 11.3 Å². The van der Waals surface area contributed by atoms with E-state index in [2.05, 4.69) is 32.7 Å². The zero-order valence-electron chi connectivity index (χ0n) is 10.2. The lowest BCUT2D eigenvalue weighted by Gasteiger charge is -1.97. The molecule has 0 aliphatic rings. The summed E-state index contributed by atoms with van der Waals surface area (Å²) in [5.41, 5.74) is 8.53. The van der Waals surface area contributed by atoms with Gasteiger partial charge in [-0.3, -0.25) is 0 Å². The Bertz CT molecular complexity index is 661. The Morgan fingerprint density at radius 2 is 1.84 bits per heavy atom. The Balaban J connectivity index is 1.80. The van der Waals surface area contributed by atoms with Gasteiger partial charge in [0.05, 0.1) is 16.4 Å². The third-order valence-electron chi connectivity index (χ3n) is 2.69. The zero-order chi connectivity index (χ0) is 13.1. The molecule has 5 heteroatoms. The van der Waals surface area contributed by atoms with Gasteiger partial charge in [-0.25, -0.2) is 4.98 Å². The molecule has 0 amide bonds. The van der Waals surface area contributed by atoms with Crippen LogP contribution < -0.4 is 5.73 Å². The highest BCUT2D eigenvalue weighted by atomic mass is 32.1. The zero-order valence-corrected chi connectivity index (χ0v) is 11.0. The first-order valence-corrected chi connectivity index (χ1v) is 6.77. The summed E-state index contributed by atoms with van der Waals surface area (Å²) in [6.07, 6.45) is 0.685. The second-order valence-corrected chi connectivity index (χ2v) is 5.06. The average Bonchev–Trinajstić information content (AvgIpc) is 2.91. The van der Waals surface area contributed by atoms with Crippen LogP contribution in [0.4, 0.5) is 5.82 Å². The molecule has 3 rings (SSSR count). The van der Waals surface area contributed by atoms with E-state index in [1.165, 1.54) is 0 Å². The summed E-state index contributed by atoms with van der Waals surface area (Å²) in [7, 11) is 0. The summed E-state index contributed by atoms with van der Waals surface area (Å²) in [6.45, 7) is 0. The van der Waals surface area contributed by atoms with E-state index in [1.54, 1.807) is 17.4 Å². The molecule has 3 aromatic rings. The molecule has 2 N–H and O–H groups in total. The maximum atomic E-state index is 5.51. The molecule has 94 valence electrons. The minimum absolute atomic E-state index is 0.438. The van der Waals surface area contributed by atoms with Crippen LogP contribution in [0.2, 0.25) is 0 Å². The molecule has 1 aromatic carbocycles. The van der Waals surface area contributed by atoms with Crippen LogP contribution in [0.1, 0.15) is 10.7 Å². The second kappa shape index (κ2) is 5.16. The van der Waals surface area contributed by atoms with E-state index in [1.807, 2.05) is 24.3 Å². The van der Waals surface area contributed by atoms with Gasteiger partial charge in [-0.15, -0.1) is 16.4 Å². The van der Waals surface area contributed by atoms with Crippen LogP contribution in [0, 0.1) is 0 Å². The summed E-state index contributed by atoms with van der Waals surface area (Å²) < 4.78 is 0. The predicted molar refractivity (Wildman–Crippen MR) is 76.8 cm³/mol. The Kier molecular flexibility index (Phi) is 3.20. The SMILES string of the molecule is Nc1ccc(Cc2nc(-c3ccccc3)cs2)nn1. The number of nitrogens with two attached hydrogens (primary N) is 1. The maximum absolute atomic E-state index is 5.51. The van der Waals surface area contributed by atoms with Crippen LogP contribution >= 0.6 is 11.3 Å². The summed E-state index contributed by atoms with van der Waals surface area (Å²) in [6, 6.07) is 13.8. The summed E-state index contributed by atoms with van der Waals surface area (Å²) in [5.74, 6) is 0.438. The summed E-state index contributed by atoms with van der Waals surface area (Å²) >= 11 is 1.63. The molecule has 4 nitrogen and oxygen atoms in total. The third-order valence-corrected chi connectivity index (χ3v) is 3.54. The molecule has 0 bridgehead atoms. The van der Waals surface area contributed by atoms with Crippen LogP contribution in [0.25, 0.3) is 11.3 Å². The highest BCUT2D eigenvalue weighted by Crippen LogP contribution is 2.22. The molecule has 0 fully saturated rings. The van der Waals surface area contributed by atoms with Crippen LogP contribution in [-0.2, 0) is 6.42 Å². The number of thiazole rings is 1. The summed E-state index contributed by atoms with van der Waals surface area (Å²) in [4.78, 5) is 4.62. The van der Waals surface area contributed by atoms with Crippen molar-refractivity contribution in [1.29, 1.82) is 0 Å². The van der Waals surface area contributed by atoms with E-state index < -0.39 is 0 Å². The van der Waals surface area contributed by atoms with E-state index in [-0.39, 0.29) is 0 Å². The molecule has 2 aromatic heterocycles. The Morgan fingerprint density at radius 3 is 2.58 bits per heavy atom. The van der Waals surface area contributed by atoms with Gasteiger partial charge in [-0.1, -0.05) is 30.3 Å². The van der Waals surface area contributed by atoms with Gasteiger partial charge in [-0.05, 0) is 12.1 Å².